The molecule has 2 heterocycles. The maximum atomic E-state index is 12.5. The first-order valence-electron chi connectivity index (χ1n) is 8.20. The smallest absolute Gasteiger partial charge is 0.225 e. The quantitative estimate of drug-likeness (QED) is 0.872. The Morgan fingerprint density at radius 2 is 2.09 bits per heavy atom. The fourth-order valence-electron chi connectivity index (χ4n) is 3.64. The van der Waals surface area contributed by atoms with Crippen molar-refractivity contribution in [2.45, 2.75) is 50.3 Å². The molecule has 0 unspecified atom stereocenters. The number of nitrogens with one attached hydrogen (secondary N) is 1. The number of hydrogen-bond donors (Lipinski definition) is 2. The summed E-state index contributed by atoms with van der Waals surface area (Å²) in [6.45, 7) is 0. The van der Waals surface area contributed by atoms with Gasteiger partial charge in [0.15, 0.2) is 0 Å². The van der Waals surface area contributed by atoms with Crippen LogP contribution in [-0.4, -0.2) is 46.0 Å². The SMILES string of the molecule is CN1C(=O)C[C@@H](NC(=O)C2CCC(O)CC2)[C@@H]1c1cccnc1. The molecule has 6 heteroatoms. The van der Waals surface area contributed by atoms with Crippen LogP contribution in [0.5, 0.6) is 0 Å². The fourth-order valence-corrected chi connectivity index (χ4v) is 3.64. The Morgan fingerprint density at radius 3 is 2.74 bits per heavy atom. The molecule has 1 aromatic heterocycles. The molecule has 23 heavy (non-hydrogen) atoms. The third-order valence-corrected chi connectivity index (χ3v) is 5.01. The van der Waals surface area contributed by atoms with Crippen LogP contribution in [0.4, 0.5) is 0 Å². The number of rotatable bonds is 3. The van der Waals surface area contributed by atoms with Gasteiger partial charge in [0, 0.05) is 31.8 Å². The second kappa shape index (κ2) is 6.66. The molecule has 3 rings (SSSR count). The second-order valence-corrected chi connectivity index (χ2v) is 6.56. The van der Waals surface area contributed by atoms with Gasteiger partial charge in [-0.3, -0.25) is 14.6 Å². The Morgan fingerprint density at radius 1 is 1.35 bits per heavy atom. The largest absolute Gasteiger partial charge is 0.393 e. The number of carbonyl (C=O) groups excluding carboxylic acids is 2. The molecule has 1 aromatic rings. The minimum atomic E-state index is -0.276. The van der Waals surface area contributed by atoms with Crippen molar-refractivity contribution in [2.24, 2.45) is 5.92 Å². The van der Waals surface area contributed by atoms with E-state index in [-0.39, 0.29) is 35.9 Å². The van der Waals surface area contributed by atoms with Crippen LogP contribution in [0.2, 0.25) is 0 Å². The molecule has 0 radical (unpaired) electrons. The van der Waals surface area contributed by atoms with Crippen molar-refractivity contribution in [3.05, 3.63) is 30.1 Å². The maximum absolute atomic E-state index is 12.5. The van der Waals surface area contributed by atoms with Gasteiger partial charge in [-0.25, -0.2) is 0 Å². The Kier molecular flexibility index (Phi) is 4.61. The highest BCUT2D eigenvalue weighted by molar-refractivity contribution is 5.84. The van der Waals surface area contributed by atoms with Crippen molar-refractivity contribution < 1.29 is 14.7 Å². The lowest BCUT2D eigenvalue weighted by Gasteiger charge is -2.29. The number of likely N-dealkylation sites (tertiary alicyclic amines) is 1. The van der Waals surface area contributed by atoms with Gasteiger partial charge in [-0.15, -0.1) is 0 Å². The molecule has 124 valence electrons. The van der Waals surface area contributed by atoms with E-state index in [1.165, 1.54) is 0 Å². The molecule has 1 aliphatic heterocycles. The maximum Gasteiger partial charge on any atom is 0.225 e. The Balaban J connectivity index is 1.70. The number of aromatic nitrogens is 1. The van der Waals surface area contributed by atoms with Crippen LogP contribution in [0.15, 0.2) is 24.5 Å². The van der Waals surface area contributed by atoms with Gasteiger partial charge in [-0.1, -0.05) is 6.07 Å². The van der Waals surface area contributed by atoms with Crippen LogP contribution in [0.1, 0.15) is 43.7 Å². The van der Waals surface area contributed by atoms with E-state index in [1.807, 2.05) is 12.1 Å². The van der Waals surface area contributed by atoms with Gasteiger partial charge in [-0.05, 0) is 37.3 Å². The molecule has 6 nitrogen and oxygen atoms in total. The average molecular weight is 317 g/mol. The lowest BCUT2D eigenvalue weighted by molar-refractivity contribution is -0.128. The van der Waals surface area contributed by atoms with E-state index in [4.69, 9.17) is 0 Å². The summed E-state index contributed by atoms with van der Waals surface area (Å²) in [6, 6.07) is 3.38. The van der Waals surface area contributed by atoms with Crippen molar-refractivity contribution in [2.75, 3.05) is 7.05 Å². The molecule has 1 aliphatic carbocycles. The van der Waals surface area contributed by atoms with Crippen LogP contribution in [0.3, 0.4) is 0 Å². The number of aliphatic hydroxyl groups excluding tert-OH is 1. The number of nitrogens with zero attached hydrogens (tertiary/aromatic N) is 2. The highest BCUT2D eigenvalue weighted by Gasteiger charge is 2.40. The van der Waals surface area contributed by atoms with Gasteiger partial charge in [0.1, 0.15) is 0 Å². The first kappa shape index (κ1) is 15.9. The Bertz CT molecular complexity index is 570. The van der Waals surface area contributed by atoms with E-state index in [0.29, 0.717) is 32.1 Å². The lowest BCUT2D eigenvalue weighted by atomic mass is 9.86. The zero-order chi connectivity index (χ0) is 16.4. The standard InChI is InChI=1S/C17H23N3O3/c1-20-15(22)9-14(16(20)12-3-2-8-18-10-12)19-17(23)11-4-6-13(21)7-5-11/h2-3,8,10-11,13-14,16,21H,4-7,9H2,1H3,(H,19,23)/t11?,13?,14-,16+/m1/s1. The highest BCUT2D eigenvalue weighted by atomic mass is 16.3. The second-order valence-electron chi connectivity index (χ2n) is 6.56. The summed E-state index contributed by atoms with van der Waals surface area (Å²) in [5.74, 6) is -0.0314. The van der Waals surface area contributed by atoms with Crippen LogP contribution in [0.25, 0.3) is 0 Å². The molecule has 0 spiro atoms. The number of aliphatic hydroxyl groups is 1. The third kappa shape index (κ3) is 3.37. The molecular weight excluding hydrogens is 294 g/mol. The molecule has 2 fully saturated rings. The molecular formula is C17H23N3O3. The van der Waals surface area contributed by atoms with Gasteiger partial charge in [0.05, 0.1) is 18.2 Å². The predicted octanol–water partition coefficient (Wildman–Crippen LogP) is 1.02. The monoisotopic (exact) mass is 317 g/mol. The molecule has 1 saturated carbocycles. The third-order valence-electron chi connectivity index (χ3n) is 5.01. The summed E-state index contributed by atoms with van der Waals surface area (Å²) in [4.78, 5) is 30.4. The van der Waals surface area contributed by atoms with Crippen molar-refractivity contribution >= 4 is 11.8 Å². The average Bonchev–Trinajstić information content (AvgIpc) is 2.83. The van der Waals surface area contributed by atoms with Gasteiger partial charge >= 0.3 is 0 Å². The lowest BCUT2D eigenvalue weighted by Crippen LogP contribution is -2.43. The molecule has 2 aliphatic rings. The van der Waals surface area contributed by atoms with Gasteiger partial charge in [0.2, 0.25) is 11.8 Å². The van der Waals surface area contributed by atoms with E-state index < -0.39 is 0 Å². The van der Waals surface area contributed by atoms with Crippen molar-refractivity contribution in [1.82, 2.24) is 15.2 Å². The van der Waals surface area contributed by atoms with E-state index in [9.17, 15) is 14.7 Å². The van der Waals surface area contributed by atoms with E-state index in [2.05, 4.69) is 10.3 Å². The van der Waals surface area contributed by atoms with Crippen LogP contribution < -0.4 is 5.32 Å². The van der Waals surface area contributed by atoms with E-state index >= 15 is 0 Å². The van der Waals surface area contributed by atoms with Crippen LogP contribution in [0, 0.1) is 5.92 Å². The number of pyridine rings is 1. The summed E-state index contributed by atoms with van der Waals surface area (Å²) in [5, 5.41) is 12.6. The van der Waals surface area contributed by atoms with Crippen molar-refractivity contribution in [1.29, 1.82) is 0 Å². The van der Waals surface area contributed by atoms with Crippen molar-refractivity contribution in [3.63, 3.8) is 0 Å². The van der Waals surface area contributed by atoms with E-state index in [1.54, 1.807) is 24.3 Å². The summed E-state index contributed by atoms with van der Waals surface area (Å²) in [5.41, 5.74) is 0.935. The fraction of sp³-hybridized carbons (Fsp3) is 0.588. The van der Waals surface area contributed by atoms with Crippen molar-refractivity contribution in [3.8, 4) is 0 Å². The zero-order valence-corrected chi connectivity index (χ0v) is 13.3. The molecule has 2 N–H and O–H groups in total. The number of hydrogen-bond acceptors (Lipinski definition) is 4. The normalized spacial score (nSPS) is 31.2. The Labute approximate surface area is 135 Å². The summed E-state index contributed by atoms with van der Waals surface area (Å²) < 4.78 is 0. The molecule has 0 bridgehead atoms. The minimum Gasteiger partial charge on any atom is -0.393 e. The Hall–Kier alpha value is -1.95. The number of amides is 2. The molecule has 2 amide bonds. The number of likely N-dealkylation sites (N-methyl/N-ethyl adjacent to an activating group) is 1. The van der Waals surface area contributed by atoms with Gasteiger partial charge in [0.25, 0.3) is 0 Å². The highest BCUT2D eigenvalue weighted by Crippen LogP contribution is 2.32. The van der Waals surface area contributed by atoms with Crippen LogP contribution in [-0.2, 0) is 9.59 Å². The minimum absolute atomic E-state index is 0.00103. The summed E-state index contributed by atoms with van der Waals surface area (Å²) >= 11 is 0. The van der Waals surface area contributed by atoms with Gasteiger partial charge < -0.3 is 15.3 Å². The number of carbonyl (C=O) groups is 2. The van der Waals surface area contributed by atoms with Gasteiger partial charge in [-0.2, -0.15) is 0 Å². The molecule has 0 aromatic carbocycles. The van der Waals surface area contributed by atoms with Crippen LogP contribution >= 0.6 is 0 Å². The summed E-state index contributed by atoms with van der Waals surface area (Å²) in [7, 11) is 1.77. The molecule has 2 atom stereocenters. The molecule has 1 saturated heterocycles. The topological polar surface area (TPSA) is 82.5 Å². The van der Waals surface area contributed by atoms with E-state index in [0.717, 1.165) is 5.56 Å². The zero-order valence-electron chi connectivity index (χ0n) is 13.3. The first-order chi connectivity index (χ1) is 11.1. The summed E-state index contributed by atoms with van der Waals surface area (Å²) in [6.07, 6.45) is 6.25. The first-order valence-corrected chi connectivity index (χ1v) is 8.20. The predicted molar refractivity (Wildman–Crippen MR) is 84.3 cm³/mol.